The van der Waals surface area contributed by atoms with Crippen LogP contribution in [0.3, 0.4) is 0 Å². The Labute approximate surface area is 214 Å². The molecule has 0 radical (unpaired) electrons. The minimum absolute atomic E-state index is 0.0501. The van der Waals surface area contributed by atoms with Gasteiger partial charge in [0.25, 0.3) is 10.0 Å². The number of aromatic nitrogens is 4. The van der Waals surface area contributed by atoms with Crippen LogP contribution in [0.5, 0.6) is 0 Å². The molecule has 0 unspecified atom stereocenters. The lowest BCUT2D eigenvalue weighted by Crippen LogP contribution is -2.33. The Kier molecular flexibility index (Phi) is 7.45. The minimum Gasteiger partial charge on any atom is -0.466 e. The number of ether oxygens (including phenoxy) is 1. The van der Waals surface area contributed by atoms with Crippen molar-refractivity contribution in [2.24, 2.45) is 7.05 Å². The summed E-state index contributed by atoms with van der Waals surface area (Å²) in [6, 6.07) is 13.9. The number of aryl methyl sites for hydroxylation is 2. The van der Waals surface area contributed by atoms with Crippen LogP contribution in [0.2, 0.25) is 0 Å². The highest BCUT2D eigenvalue weighted by Gasteiger charge is 2.28. The van der Waals surface area contributed by atoms with Gasteiger partial charge in [-0.1, -0.05) is 0 Å². The first kappa shape index (κ1) is 25.7. The zero-order chi connectivity index (χ0) is 26.6. The Morgan fingerprint density at radius 3 is 2.65 bits per heavy atom. The summed E-state index contributed by atoms with van der Waals surface area (Å²) in [5.74, 6) is 0.224. The summed E-state index contributed by atoms with van der Waals surface area (Å²) in [6.07, 6.45) is 1.32. The van der Waals surface area contributed by atoms with Gasteiger partial charge in [0.15, 0.2) is 0 Å². The Morgan fingerprint density at radius 2 is 2.00 bits per heavy atom. The number of esters is 1. The second kappa shape index (κ2) is 10.7. The predicted molar refractivity (Wildman–Crippen MR) is 138 cm³/mol. The fourth-order valence-electron chi connectivity index (χ4n) is 3.91. The number of nitrogens with one attached hydrogen (secondary N) is 2. The van der Waals surface area contributed by atoms with Crippen molar-refractivity contribution in [1.29, 1.82) is 5.26 Å². The van der Waals surface area contributed by atoms with Crippen LogP contribution in [-0.2, 0) is 33.1 Å². The number of carbonyl (C=O) groups excluding carboxylic acids is 1. The Bertz CT molecular complexity index is 1570. The van der Waals surface area contributed by atoms with Crippen molar-refractivity contribution >= 4 is 38.4 Å². The van der Waals surface area contributed by atoms with Gasteiger partial charge in [0.05, 0.1) is 64.7 Å². The number of anilines is 2. The molecule has 0 aliphatic carbocycles. The number of sulfonamides is 1. The zero-order valence-electron chi connectivity index (χ0n) is 20.7. The van der Waals surface area contributed by atoms with Crippen LogP contribution < -0.4 is 9.62 Å². The molecule has 2 aromatic heterocycles. The number of carbonyl (C=O) groups is 1. The molecule has 2 aromatic carbocycles. The van der Waals surface area contributed by atoms with E-state index in [0.29, 0.717) is 34.8 Å². The number of hydrogen-bond acceptors (Lipinski definition) is 8. The van der Waals surface area contributed by atoms with Gasteiger partial charge in [0, 0.05) is 19.3 Å². The molecule has 0 saturated heterocycles. The maximum Gasteiger partial charge on any atom is 0.307 e. The maximum atomic E-state index is 13.7. The fraction of sp³-hybridized carbons (Fsp3) is 0.280. The average molecular weight is 522 g/mol. The number of rotatable bonds is 10. The summed E-state index contributed by atoms with van der Waals surface area (Å²) in [4.78, 5) is 16.7. The van der Waals surface area contributed by atoms with Crippen LogP contribution in [-0.4, -0.2) is 47.3 Å². The molecule has 12 heteroatoms. The molecular formula is C25H27N7O4S. The molecule has 4 aromatic rings. The van der Waals surface area contributed by atoms with E-state index in [1.165, 1.54) is 22.6 Å². The molecule has 0 saturated carbocycles. The molecule has 11 nitrogen and oxygen atoms in total. The van der Waals surface area contributed by atoms with Crippen molar-refractivity contribution in [3.8, 4) is 6.07 Å². The number of fused-ring (bicyclic) bond motifs is 1. The molecular weight excluding hydrogens is 494 g/mol. The summed E-state index contributed by atoms with van der Waals surface area (Å²) in [6.45, 7) is 3.93. The third-order valence-electron chi connectivity index (χ3n) is 5.89. The molecule has 0 atom stereocenters. The van der Waals surface area contributed by atoms with E-state index in [-0.39, 0.29) is 24.5 Å². The van der Waals surface area contributed by atoms with Gasteiger partial charge in [-0.2, -0.15) is 10.4 Å². The summed E-state index contributed by atoms with van der Waals surface area (Å²) in [7, 11) is -2.18. The molecule has 0 amide bonds. The lowest BCUT2D eigenvalue weighted by atomic mass is 10.2. The highest BCUT2D eigenvalue weighted by Crippen LogP contribution is 2.28. The highest BCUT2D eigenvalue weighted by atomic mass is 32.2. The summed E-state index contributed by atoms with van der Waals surface area (Å²) < 4.78 is 35.5. The zero-order valence-corrected chi connectivity index (χ0v) is 21.5. The van der Waals surface area contributed by atoms with Gasteiger partial charge in [0.1, 0.15) is 5.82 Å². The standard InChI is InChI=1S/C25H27N7O4S/c1-4-36-25(33)11-12-32(23-15-28-30-17(23)2)37(34,35)20-9-10-22-21(13-20)29-24(31(22)3)16-27-19-7-5-18(14-26)6-8-19/h5-10,13,15,27H,4,11-12,16H2,1-3H3,(H,28,30). The number of nitrogens with zero attached hydrogens (tertiary/aromatic N) is 5. The average Bonchev–Trinajstić information content (AvgIpc) is 3.45. The molecule has 0 spiro atoms. The smallest absolute Gasteiger partial charge is 0.307 e. The van der Waals surface area contributed by atoms with Crippen molar-refractivity contribution in [2.45, 2.75) is 31.7 Å². The Hall–Kier alpha value is -4.37. The first-order chi connectivity index (χ1) is 17.7. The third-order valence-corrected chi connectivity index (χ3v) is 7.70. The van der Waals surface area contributed by atoms with Crippen LogP contribution in [0.15, 0.2) is 53.6 Å². The molecule has 37 heavy (non-hydrogen) atoms. The molecule has 0 aliphatic rings. The van der Waals surface area contributed by atoms with Crippen LogP contribution in [0, 0.1) is 18.3 Å². The first-order valence-electron chi connectivity index (χ1n) is 11.6. The molecule has 0 aliphatic heterocycles. The fourth-order valence-corrected chi connectivity index (χ4v) is 5.44. The van der Waals surface area contributed by atoms with E-state index in [1.807, 2.05) is 23.7 Å². The van der Waals surface area contributed by atoms with Gasteiger partial charge >= 0.3 is 5.97 Å². The quantitative estimate of drug-likeness (QED) is 0.303. The predicted octanol–water partition coefficient (Wildman–Crippen LogP) is 3.24. The number of imidazole rings is 1. The topological polar surface area (TPSA) is 146 Å². The van der Waals surface area contributed by atoms with Gasteiger partial charge in [-0.15, -0.1) is 0 Å². The summed E-state index contributed by atoms with van der Waals surface area (Å²) in [5.41, 5.74) is 3.62. The van der Waals surface area contributed by atoms with Crippen molar-refractivity contribution in [2.75, 3.05) is 22.8 Å². The van der Waals surface area contributed by atoms with E-state index in [2.05, 4.69) is 26.6 Å². The normalized spacial score (nSPS) is 11.3. The molecule has 192 valence electrons. The van der Waals surface area contributed by atoms with Gasteiger partial charge in [0.2, 0.25) is 0 Å². The second-order valence-electron chi connectivity index (χ2n) is 8.29. The number of hydrogen-bond donors (Lipinski definition) is 2. The number of nitriles is 1. The van der Waals surface area contributed by atoms with Gasteiger partial charge in [-0.25, -0.2) is 13.4 Å². The minimum atomic E-state index is -4.04. The monoisotopic (exact) mass is 521 g/mol. The Morgan fingerprint density at radius 1 is 1.24 bits per heavy atom. The maximum absolute atomic E-state index is 13.7. The summed E-state index contributed by atoms with van der Waals surface area (Å²) >= 11 is 0. The molecule has 2 heterocycles. The SMILES string of the molecule is CCOC(=O)CCN(c1cn[nH]c1C)S(=O)(=O)c1ccc2c(c1)nc(CNc1ccc(C#N)cc1)n2C. The second-order valence-corrected chi connectivity index (χ2v) is 10.2. The first-order valence-corrected chi connectivity index (χ1v) is 13.1. The number of benzene rings is 2. The number of H-pyrrole nitrogens is 1. The highest BCUT2D eigenvalue weighted by molar-refractivity contribution is 7.92. The lowest BCUT2D eigenvalue weighted by Gasteiger charge is -2.23. The summed E-state index contributed by atoms with van der Waals surface area (Å²) in [5, 5.41) is 18.9. The van der Waals surface area contributed by atoms with Crippen LogP contribution in [0.4, 0.5) is 11.4 Å². The van der Waals surface area contributed by atoms with Gasteiger partial charge in [-0.05, 0) is 56.3 Å². The van der Waals surface area contributed by atoms with Gasteiger partial charge < -0.3 is 14.6 Å². The number of aromatic amines is 1. The molecule has 0 fully saturated rings. The van der Waals surface area contributed by atoms with E-state index in [1.54, 1.807) is 32.0 Å². The van der Waals surface area contributed by atoms with E-state index in [4.69, 9.17) is 10.00 Å². The van der Waals surface area contributed by atoms with Crippen molar-refractivity contribution in [3.05, 3.63) is 65.7 Å². The van der Waals surface area contributed by atoms with Crippen LogP contribution >= 0.6 is 0 Å². The third kappa shape index (κ3) is 5.41. The van der Waals surface area contributed by atoms with E-state index >= 15 is 0 Å². The van der Waals surface area contributed by atoms with Crippen molar-refractivity contribution in [3.63, 3.8) is 0 Å². The molecule has 0 bridgehead atoms. The molecule has 4 rings (SSSR count). The Balaban J connectivity index is 1.62. The van der Waals surface area contributed by atoms with E-state index in [9.17, 15) is 13.2 Å². The van der Waals surface area contributed by atoms with Crippen LogP contribution in [0.1, 0.15) is 30.4 Å². The lowest BCUT2D eigenvalue weighted by molar-refractivity contribution is -0.142. The van der Waals surface area contributed by atoms with Crippen molar-refractivity contribution < 1.29 is 17.9 Å². The van der Waals surface area contributed by atoms with Gasteiger partial charge in [-0.3, -0.25) is 14.2 Å². The largest absolute Gasteiger partial charge is 0.466 e. The van der Waals surface area contributed by atoms with Crippen LogP contribution in [0.25, 0.3) is 11.0 Å². The van der Waals surface area contributed by atoms with E-state index in [0.717, 1.165) is 11.2 Å². The van der Waals surface area contributed by atoms with E-state index < -0.39 is 16.0 Å². The molecule has 2 N–H and O–H groups in total. The van der Waals surface area contributed by atoms with Crippen molar-refractivity contribution in [1.82, 2.24) is 19.7 Å².